The van der Waals surface area contributed by atoms with Gasteiger partial charge in [0.15, 0.2) is 0 Å². The average Bonchev–Trinajstić information content (AvgIpc) is 2.30. The van der Waals surface area contributed by atoms with Crippen molar-refractivity contribution in [3.63, 3.8) is 0 Å². The first-order chi connectivity index (χ1) is 7.58. The number of hydrogen-bond acceptors (Lipinski definition) is 2. The highest BCUT2D eigenvalue weighted by Gasteiger charge is 2.14. The van der Waals surface area contributed by atoms with E-state index in [1.807, 2.05) is 13.1 Å². The molecule has 0 aliphatic carbocycles. The third kappa shape index (κ3) is 2.89. The van der Waals surface area contributed by atoms with Crippen LogP contribution < -0.4 is 16.0 Å². The molecule has 16 heavy (non-hydrogen) atoms. The van der Waals surface area contributed by atoms with Crippen LogP contribution in [0.25, 0.3) is 0 Å². The van der Waals surface area contributed by atoms with Gasteiger partial charge in [0.2, 0.25) is 5.96 Å². The molecule has 0 saturated heterocycles. The summed E-state index contributed by atoms with van der Waals surface area (Å²) in [6, 6.07) is 0. The molecule has 0 amide bonds. The normalized spacial score (nSPS) is 19.6. The fourth-order valence-corrected chi connectivity index (χ4v) is 1.18. The minimum atomic E-state index is 0.709. The molecule has 0 saturated carbocycles. The lowest BCUT2D eigenvalue weighted by molar-refractivity contribution is 0.831. The summed E-state index contributed by atoms with van der Waals surface area (Å²) in [5.74, 6) is 1.64. The smallest absolute Gasteiger partial charge is 0.201 e. The maximum Gasteiger partial charge on any atom is 0.201 e. The van der Waals surface area contributed by atoms with E-state index in [1.165, 1.54) is 5.57 Å². The maximum absolute atomic E-state index is 4.07. The van der Waals surface area contributed by atoms with Crippen molar-refractivity contribution in [3.8, 4) is 0 Å². The van der Waals surface area contributed by atoms with Crippen LogP contribution in [0.15, 0.2) is 40.4 Å². The fourth-order valence-electron chi connectivity index (χ4n) is 1.18. The summed E-state index contributed by atoms with van der Waals surface area (Å²) in [5.41, 5.74) is 3.22. The zero-order valence-electron chi connectivity index (χ0n) is 10.4. The van der Waals surface area contributed by atoms with Gasteiger partial charge in [-0.1, -0.05) is 19.1 Å². The highest BCUT2D eigenvalue weighted by atomic mass is 15.2. The molecule has 0 aromatic heterocycles. The molecule has 1 rings (SSSR count). The third-order valence-electron chi connectivity index (χ3n) is 2.58. The van der Waals surface area contributed by atoms with Crippen LogP contribution in [-0.2, 0) is 0 Å². The predicted octanol–water partition coefficient (Wildman–Crippen LogP) is 1.81. The molecule has 0 unspecified atom stereocenters. The van der Waals surface area contributed by atoms with Crippen molar-refractivity contribution in [1.82, 2.24) is 16.0 Å². The molecule has 0 bridgehead atoms. The van der Waals surface area contributed by atoms with E-state index in [4.69, 9.17) is 0 Å². The van der Waals surface area contributed by atoms with Crippen molar-refractivity contribution < 1.29 is 0 Å². The molecule has 88 valence electrons. The monoisotopic (exact) mass is 220 g/mol. The highest BCUT2D eigenvalue weighted by molar-refractivity contribution is 5.85. The molecule has 1 aliphatic rings. The Balaban J connectivity index is 2.84. The Morgan fingerprint density at radius 1 is 1.50 bits per heavy atom. The van der Waals surface area contributed by atoms with Gasteiger partial charge in [-0.05, 0) is 20.3 Å². The lowest BCUT2D eigenvalue weighted by atomic mass is 10.2. The van der Waals surface area contributed by atoms with E-state index in [-0.39, 0.29) is 0 Å². The van der Waals surface area contributed by atoms with Crippen molar-refractivity contribution in [1.29, 1.82) is 0 Å². The second-order valence-electron chi connectivity index (χ2n) is 3.79. The van der Waals surface area contributed by atoms with Crippen molar-refractivity contribution in [3.05, 3.63) is 35.4 Å². The molecule has 4 heteroatoms. The highest BCUT2D eigenvalue weighted by Crippen LogP contribution is 2.11. The Morgan fingerprint density at radius 3 is 2.75 bits per heavy atom. The van der Waals surface area contributed by atoms with E-state index in [2.05, 4.69) is 41.4 Å². The van der Waals surface area contributed by atoms with E-state index >= 15 is 0 Å². The van der Waals surface area contributed by atoms with Gasteiger partial charge >= 0.3 is 0 Å². The quantitative estimate of drug-likeness (QED) is 0.680. The molecule has 4 nitrogen and oxygen atoms in total. The number of hydrogen-bond donors (Lipinski definition) is 3. The molecule has 0 fully saturated rings. The Hall–Kier alpha value is -1.71. The maximum atomic E-state index is 4.07. The summed E-state index contributed by atoms with van der Waals surface area (Å²) < 4.78 is 0. The summed E-state index contributed by atoms with van der Waals surface area (Å²) in [7, 11) is 1.73. The van der Waals surface area contributed by atoms with Gasteiger partial charge in [0.05, 0.1) is 0 Å². The van der Waals surface area contributed by atoms with Crippen molar-refractivity contribution in [2.75, 3.05) is 7.05 Å². The summed E-state index contributed by atoms with van der Waals surface area (Å²) in [6.45, 7) is 10.2. The lowest BCUT2D eigenvalue weighted by Crippen LogP contribution is -2.44. The van der Waals surface area contributed by atoms with E-state index in [0.717, 1.165) is 23.5 Å². The van der Waals surface area contributed by atoms with E-state index in [0.29, 0.717) is 5.96 Å². The Bertz CT molecular complexity index is 374. The fraction of sp³-hybridized carbons (Fsp3) is 0.417. The first-order valence-electron chi connectivity index (χ1n) is 5.41. The van der Waals surface area contributed by atoms with Gasteiger partial charge < -0.3 is 16.0 Å². The standard InChI is InChI=1S/C12H20N4/c1-6-8(2)7-14-11-9(3)10(4)15-12(13-5)16-11/h7,14H,4,6H2,1-3,5H3,(H2,13,15,16)/b8-7-. The topological polar surface area (TPSA) is 48.5 Å². The molecule has 3 N–H and O–H groups in total. The summed E-state index contributed by atoms with van der Waals surface area (Å²) in [5, 5.41) is 9.48. The summed E-state index contributed by atoms with van der Waals surface area (Å²) >= 11 is 0. The van der Waals surface area contributed by atoms with Gasteiger partial charge in [0.1, 0.15) is 5.82 Å². The van der Waals surface area contributed by atoms with Crippen LogP contribution in [0.2, 0.25) is 0 Å². The minimum absolute atomic E-state index is 0.709. The average molecular weight is 220 g/mol. The van der Waals surface area contributed by atoms with Gasteiger partial charge in [-0.3, -0.25) is 4.99 Å². The molecule has 0 aromatic carbocycles. The molecular weight excluding hydrogens is 200 g/mol. The number of aliphatic imine (C=N–C) groups is 1. The largest absolute Gasteiger partial charge is 0.348 e. The number of allylic oxidation sites excluding steroid dienone is 2. The summed E-state index contributed by atoms with van der Waals surface area (Å²) in [6.07, 6.45) is 3.03. The van der Waals surface area contributed by atoms with Gasteiger partial charge in [-0.25, -0.2) is 0 Å². The SMILES string of the molecule is C=C1NC(=NC)NC(N/C=C(/C)CC)=C1C. The Kier molecular flexibility index (Phi) is 4.17. The third-order valence-corrected chi connectivity index (χ3v) is 2.58. The first kappa shape index (κ1) is 12.4. The molecular formula is C12H20N4. The molecule has 1 aliphatic heterocycles. The van der Waals surface area contributed by atoms with Crippen LogP contribution in [0.5, 0.6) is 0 Å². The van der Waals surface area contributed by atoms with Crippen LogP contribution in [0.3, 0.4) is 0 Å². The van der Waals surface area contributed by atoms with Crippen LogP contribution in [0.1, 0.15) is 27.2 Å². The number of rotatable bonds is 3. The molecule has 0 radical (unpaired) electrons. The van der Waals surface area contributed by atoms with E-state index in [1.54, 1.807) is 7.05 Å². The predicted molar refractivity (Wildman–Crippen MR) is 68.7 cm³/mol. The molecule has 0 aromatic rings. The molecule has 0 spiro atoms. The zero-order chi connectivity index (χ0) is 12.1. The van der Waals surface area contributed by atoms with Gasteiger partial charge in [0.25, 0.3) is 0 Å². The van der Waals surface area contributed by atoms with Crippen LogP contribution >= 0.6 is 0 Å². The van der Waals surface area contributed by atoms with Gasteiger partial charge in [-0.15, -0.1) is 0 Å². The van der Waals surface area contributed by atoms with Gasteiger partial charge in [-0.2, -0.15) is 0 Å². The van der Waals surface area contributed by atoms with Crippen LogP contribution in [-0.4, -0.2) is 13.0 Å². The number of nitrogens with one attached hydrogen (secondary N) is 3. The van der Waals surface area contributed by atoms with Crippen LogP contribution in [0.4, 0.5) is 0 Å². The Morgan fingerprint density at radius 2 is 2.19 bits per heavy atom. The van der Waals surface area contributed by atoms with Crippen molar-refractivity contribution >= 4 is 5.96 Å². The van der Waals surface area contributed by atoms with Crippen molar-refractivity contribution in [2.24, 2.45) is 4.99 Å². The number of nitrogens with zero attached hydrogens (tertiary/aromatic N) is 1. The van der Waals surface area contributed by atoms with Crippen LogP contribution in [0, 0.1) is 0 Å². The second-order valence-corrected chi connectivity index (χ2v) is 3.79. The molecule has 0 atom stereocenters. The molecule has 1 heterocycles. The van der Waals surface area contributed by atoms with E-state index < -0.39 is 0 Å². The summed E-state index contributed by atoms with van der Waals surface area (Å²) in [4.78, 5) is 4.07. The van der Waals surface area contributed by atoms with Crippen molar-refractivity contribution in [2.45, 2.75) is 27.2 Å². The first-order valence-corrected chi connectivity index (χ1v) is 5.41. The second kappa shape index (κ2) is 5.39. The lowest BCUT2D eigenvalue weighted by Gasteiger charge is -2.24. The van der Waals surface area contributed by atoms with E-state index in [9.17, 15) is 0 Å². The number of guanidine groups is 1. The Labute approximate surface area is 97.2 Å². The zero-order valence-corrected chi connectivity index (χ0v) is 10.4. The minimum Gasteiger partial charge on any atom is -0.348 e. The van der Waals surface area contributed by atoms with Gasteiger partial charge in [0, 0.05) is 24.5 Å².